The van der Waals surface area contributed by atoms with E-state index in [0.717, 1.165) is 0 Å². The van der Waals surface area contributed by atoms with Gasteiger partial charge >= 0.3 is 0 Å². The molecule has 0 spiro atoms. The first-order chi connectivity index (χ1) is 31.9. The lowest BCUT2D eigenvalue weighted by Crippen LogP contribution is -2.63. The number of nitrogens with two attached hydrogens (primary N) is 3. The van der Waals surface area contributed by atoms with E-state index < -0.39 is 119 Å². The van der Waals surface area contributed by atoms with Crippen LogP contribution < -0.4 is 59.7 Å². The molecule has 24 nitrogen and oxygen atoms in total. The summed E-state index contributed by atoms with van der Waals surface area (Å²) in [5.74, 6) is -8.17. The second-order valence-electron chi connectivity index (χ2n) is 17.4. The fourth-order valence-electron chi connectivity index (χ4n) is 7.42. The number of carbonyl (C=O) groups excluding carboxylic acids is 10. The van der Waals surface area contributed by atoms with Crippen LogP contribution in [0, 0.1) is 11.8 Å². The van der Waals surface area contributed by atoms with Crippen LogP contribution in [0.15, 0.2) is 4.99 Å². The Balaban J connectivity index is 3.38. The summed E-state index contributed by atoms with van der Waals surface area (Å²) in [5, 5.41) is 31.6. The molecule has 0 aliphatic carbocycles. The van der Waals surface area contributed by atoms with Gasteiger partial charge in [-0.3, -0.25) is 52.9 Å². The monoisotopic (exact) mass is 966 g/mol. The third-order valence-electron chi connectivity index (χ3n) is 11.7. The van der Waals surface area contributed by atoms with Crippen molar-refractivity contribution in [3.8, 4) is 0 Å². The fourth-order valence-corrected chi connectivity index (χ4v) is 7.42. The van der Waals surface area contributed by atoms with Crippen molar-refractivity contribution in [1.29, 1.82) is 0 Å². The van der Waals surface area contributed by atoms with Crippen LogP contribution >= 0.6 is 0 Å². The van der Waals surface area contributed by atoms with Crippen molar-refractivity contribution in [3.05, 3.63) is 0 Å². The van der Waals surface area contributed by atoms with Gasteiger partial charge in [0.25, 0.3) is 0 Å². The molecule has 68 heavy (non-hydrogen) atoms. The maximum Gasteiger partial charge on any atom is 0.245 e. The quantitative estimate of drug-likeness (QED) is 0.0196. The predicted octanol–water partition coefficient (Wildman–Crippen LogP) is -2.86. The fraction of sp³-hybridized carbons (Fsp3) is 0.750. The molecule has 0 saturated carbocycles. The molecule has 1 rings (SSSR count). The van der Waals surface area contributed by atoms with Crippen molar-refractivity contribution in [3.63, 3.8) is 0 Å². The minimum absolute atomic E-state index is 0.0689. The number of carbonyl (C=O) groups is 10. The van der Waals surface area contributed by atoms with Crippen molar-refractivity contribution in [2.24, 2.45) is 34.0 Å². The van der Waals surface area contributed by atoms with Crippen LogP contribution in [0.2, 0.25) is 0 Å². The molecule has 24 heteroatoms. The molecule has 0 radical (unpaired) electrons. The van der Waals surface area contributed by atoms with Gasteiger partial charge in [-0.25, -0.2) is 0 Å². The molecule has 0 aromatic carbocycles. The summed E-state index contributed by atoms with van der Waals surface area (Å²) < 4.78 is 0. The molecule has 11 atom stereocenters. The summed E-state index contributed by atoms with van der Waals surface area (Å²) in [6, 6.07) is -9.72. The number of aliphatic hydroxyl groups excluding tert-OH is 1. The molecule has 0 unspecified atom stereocenters. The number of hydrogen-bond acceptors (Lipinski definition) is 12. The summed E-state index contributed by atoms with van der Waals surface area (Å²) in [6.07, 6.45) is 0.534. The molecular weight excluding hydrogens is 887 g/mol. The van der Waals surface area contributed by atoms with Crippen molar-refractivity contribution >= 4 is 65.0 Å². The Hall–Kier alpha value is -6.07. The number of nitrogens with one attached hydrogen (secondary N) is 8. The summed E-state index contributed by atoms with van der Waals surface area (Å²) in [6.45, 7) is 15.1. The second-order valence-corrected chi connectivity index (χ2v) is 17.4. The van der Waals surface area contributed by atoms with Crippen molar-refractivity contribution in [2.45, 2.75) is 181 Å². The molecule has 386 valence electrons. The van der Waals surface area contributed by atoms with Crippen LogP contribution in [-0.2, 0) is 47.9 Å². The Kier molecular flexibility index (Phi) is 26.7. The van der Waals surface area contributed by atoms with Gasteiger partial charge in [-0.2, -0.15) is 0 Å². The van der Waals surface area contributed by atoms with Gasteiger partial charge < -0.3 is 69.7 Å². The summed E-state index contributed by atoms with van der Waals surface area (Å²) >= 11 is 0. The Morgan fingerprint density at radius 3 is 1.63 bits per heavy atom. The zero-order valence-electron chi connectivity index (χ0n) is 41.2. The third kappa shape index (κ3) is 20.0. The number of guanidine groups is 1. The highest BCUT2D eigenvalue weighted by Crippen LogP contribution is 2.21. The van der Waals surface area contributed by atoms with Crippen LogP contribution in [0.4, 0.5) is 0 Å². The molecule has 0 aromatic rings. The van der Waals surface area contributed by atoms with Crippen LogP contribution in [0.5, 0.6) is 0 Å². The van der Waals surface area contributed by atoms with E-state index in [4.69, 9.17) is 17.2 Å². The molecule has 1 saturated heterocycles. The standard InChI is InChI=1S/C44H79N13O11/c1-10-16-28(37(62)54-33(23(5)11-2)40(65)53-30(17-14-21-49-44(46)47)43(68)57-22-15-18-31(57)39(64)48-13-4)52-42(67)35(26(8)58)56-41(66)34(24(6)12-3)55-38(63)29(19-20-32(45)60)51-36(61)25(7)50-27(9)59/h23-26,28-31,33-35,58H,10-22H2,1-9H3,(H2,45,60)(H,48,64)(H,50,59)(H,51,61)(H,52,67)(H,53,65)(H,54,62)(H,55,63)(H,56,66)(H4,46,47,49)/t23-,24-,25-,26+,28-,29-,30-,31-,33-,34+,35-/m0/s1. The van der Waals surface area contributed by atoms with Gasteiger partial charge in [0.2, 0.25) is 59.1 Å². The zero-order chi connectivity index (χ0) is 51.8. The number of primary amides is 1. The van der Waals surface area contributed by atoms with E-state index in [1.165, 1.54) is 25.7 Å². The molecule has 0 bridgehead atoms. The first-order valence-corrected chi connectivity index (χ1v) is 23.6. The number of likely N-dealkylation sites (N-methyl/N-ethyl adjacent to an activating group) is 1. The molecule has 1 heterocycles. The number of aliphatic hydroxyl groups is 1. The largest absolute Gasteiger partial charge is 0.391 e. The van der Waals surface area contributed by atoms with Gasteiger partial charge in [-0.05, 0) is 71.1 Å². The van der Waals surface area contributed by atoms with Crippen molar-refractivity contribution in [1.82, 2.24) is 47.4 Å². The van der Waals surface area contributed by atoms with Gasteiger partial charge in [-0.15, -0.1) is 0 Å². The molecule has 15 N–H and O–H groups in total. The SMILES string of the molecule is CCC[C@H](NC(=O)[C@@H](NC(=O)[C@H](NC(=O)[C@H](CCC(N)=O)NC(=O)[C@H](C)NC(C)=O)[C@@H](C)CC)[C@@H](C)O)C(=O)N[C@H](C(=O)N[C@@H](CCCN=C(N)N)C(=O)N1CCC[C@H]1C(=O)NCC)[C@@H](C)CC. The Bertz CT molecular complexity index is 1780. The van der Waals surface area contributed by atoms with E-state index in [0.29, 0.717) is 51.6 Å². The van der Waals surface area contributed by atoms with E-state index in [2.05, 4.69) is 47.5 Å². The normalized spacial score (nSPS) is 17.7. The second kappa shape index (κ2) is 30.3. The van der Waals surface area contributed by atoms with Gasteiger partial charge in [0.15, 0.2) is 5.96 Å². The van der Waals surface area contributed by atoms with E-state index >= 15 is 0 Å². The maximum absolute atomic E-state index is 14.1. The minimum Gasteiger partial charge on any atom is -0.391 e. The van der Waals surface area contributed by atoms with Gasteiger partial charge in [-0.1, -0.05) is 53.9 Å². The number of hydrogen-bond donors (Lipinski definition) is 12. The van der Waals surface area contributed by atoms with Gasteiger partial charge in [0.05, 0.1) is 6.10 Å². The van der Waals surface area contributed by atoms with Crippen molar-refractivity contribution in [2.75, 3.05) is 19.6 Å². The topological polar surface area (TPSA) is 381 Å². The van der Waals surface area contributed by atoms with E-state index in [9.17, 15) is 53.1 Å². The van der Waals surface area contributed by atoms with Crippen LogP contribution in [0.3, 0.4) is 0 Å². The first kappa shape index (κ1) is 59.9. The molecule has 10 amide bonds. The number of likely N-dealkylation sites (tertiary alicyclic amines) is 1. The van der Waals surface area contributed by atoms with E-state index in [1.807, 2.05) is 0 Å². The predicted molar refractivity (Wildman–Crippen MR) is 252 cm³/mol. The van der Waals surface area contributed by atoms with Crippen LogP contribution in [0.25, 0.3) is 0 Å². The zero-order valence-corrected chi connectivity index (χ0v) is 41.2. The molecule has 0 aromatic heterocycles. The summed E-state index contributed by atoms with van der Waals surface area (Å²) in [7, 11) is 0. The minimum atomic E-state index is -1.66. The maximum atomic E-state index is 14.1. The molecular formula is C44H79N13O11. The summed E-state index contributed by atoms with van der Waals surface area (Å²) in [4.78, 5) is 138. The Morgan fingerprint density at radius 1 is 0.647 bits per heavy atom. The van der Waals surface area contributed by atoms with Gasteiger partial charge in [0.1, 0.15) is 48.3 Å². The summed E-state index contributed by atoms with van der Waals surface area (Å²) in [5.41, 5.74) is 16.3. The van der Waals surface area contributed by atoms with E-state index in [-0.39, 0.29) is 44.1 Å². The average Bonchev–Trinajstić information content (AvgIpc) is 3.77. The Labute approximate surface area is 399 Å². The van der Waals surface area contributed by atoms with Crippen LogP contribution in [-0.4, -0.2) is 149 Å². The van der Waals surface area contributed by atoms with Crippen LogP contribution in [0.1, 0.15) is 127 Å². The first-order valence-electron chi connectivity index (χ1n) is 23.6. The van der Waals surface area contributed by atoms with Gasteiger partial charge in [0, 0.05) is 33.0 Å². The van der Waals surface area contributed by atoms with Crippen molar-refractivity contribution < 1.29 is 53.1 Å². The Morgan fingerprint density at radius 2 is 1.15 bits per heavy atom. The highest BCUT2D eigenvalue weighted by molar-refractivity contribution is 5.98. The highest BCUT2D eigenvalue weighted by Gasteiger charge is 2.40. The van der Waals surface area contributed by atoms with E-state index in [1.54, 1.807) is 41.5 Å². The average molecular weight is 966 g/mol. The number of rotatable bonds is 30. The number of aliphatic imine (C=N–C) groups is 1. The lowest BCUT2D eigenvalue weighted by molar-refractivity contribution is -0.142. The third-order valence-corrected chi connectivity index (χ3v) is 11.7. The molecule has 1 fully saturated rings. The molecule has 1 aliphatic heterocycles. The lowest BCUT2D eigenvalue weighted by atomic mass is 9.96. The number of amides is 10. The highest BCUT2D eigenvalue weighted by atomic mass is 16.3. The number of nitrogens with zero attached hydrogens (tertiary/aromatic N) is 2. The molecule has 1 aliphatic rings. The smallest absolute Gasteiger partial charge is 0.245 e. The lowest BCUT2D eigenvalue weighted by Gasteiger charge is -2.32.